The Kier molecular flexibility index (Phi) is 2.39. The van der Waals surface area contributed by atoms with Crippen LogP contribution in [0.1, 0.15) is 20.6 Å². The van der Waals surface area contributed by atoms with Gasteiger partial charge in [0.25, 0.3) is 0 Å². The smallest absolute Gasteiger partial charge is 0.178 e. The number of para-hydroxylation sites is 1. The molecule has 7 aromatic carbocycles. The van der Waals surface area contributed by atoms with E-state index < -0.39 is 107 Å². The molecule has 0 unspecified atom stereocenters. The van der Waals surface area contributed by atoms with Gasteiger partial charge in [0.2, 0.25) is 0 Å². The van der Waals surface area contributed by atoms with E-state index in [1.54, 1.807) is 18.2 Å². The van der Waals surface area contributed by atoms with Crippen LogP contribution in [0.25, 0.3) is 87.5 Å². The summed E-state index contributed by atoms with van der Waals surface area (Å²) in [5, 5.41) is -0.0888. The van der Waals surface area contributed by atoms with Crippen LogP contribution >= 0.6 is 0 Å². The Hall–Kier alpha value is -5.34. The van der Waals surface area contributed by atoms with Gasteiger partial charge in [0.05, 0.1) is 26.8 Å². The summed E-state index contributed by atoms with van der Waals surface area (Å²) in [7, 11) is 0. The normalized spacial score (nSPS) is 17.2. The van der Waals surface area contributed by atoms with Gasteiger partial charge in [-0.05, 0) is 61.6 Å². The highest BCUT2D eigenvalue weighted by Crippen LogP contribution is 2.48. The number of fused-ring (bicyclic) bond motifs is 8. The van der Waals surface area contributed by atoms with Crippen molar-refractivity contribution in [3.8, 4) is 22.3 Å². The van der Waals surface area contributed by atoms with Crippen LogP contribution in [0.15, 0.2) is 142 Å². The Balaban J connectivity index is 1.61. The lowest BCUT2D eigenvalue weighted by atomic mass is 9.84. The minimum Gasteiger partial charge on any atom is -0.460 e. The fourth-order valence-corrected chi connectivity index (χ4v) is 5.61. The molecule has 186 valence electrons. The minimum atomic E-state index is -0.768. The van der Waals surface area contributed by atoms with Gasteiger partial charge < -0.3 is 8.83 Å². The summed E-state index contributed by atoms with van der Waals surface area (Å²) < 4.78 is 146. The summed E-state index contributed by atoms with van der Waals surface area (Å²) in [6.07, 6.45) is 1.31. The van der Waals surface area contributed by atoms with Crippen molar-refractivity contribution in [1.82, 2.24) is 0 Å². The summed E-state index contributed by atoms with van der Waals surface area (Å²) in [5.74, 6) is 0. The number of rotatable bonds is 2. The molecule has 0 radical (unpaired) electrons. The van der Waals surface area contributed by atoms with Crippen LogP contribution in [0.3, 0.4) is 0 Å². The number of benzene rings is 7. The van der Waals surface area contributed by atoms with E-state index in [2.05, 4.69) is 0 Å². The highest BCUT2D eigenvalue weighted by molar-refractivity contribution is 6.26. The lowest BCUT2D eigenvalue weighted by molar-refractivity contribution is 0.601. The molecule has 2 aromatic heterocycles. The van der Waals surface area contributed by atoms with E-state index in [4.69, 9.17) is 22.5 Å². The van der Waals surface area contributed by atoms with E-state index in [0.717, 1.165) is 10.8 Å². The second-order valence-corrected chi connectivity index (χ2v) is 9.32. The summed E-state index contributed by atoms with van der Waals surface area (Å²) in [4.78, 5) is 0. The quantitative estimate of drug-likeness (QED) is 0.210. The first kappa shape index (κ1) is 11.8. The molecule has 0 amide bonds. The van der Waals surface area contributed by atoms with E-state index >= 15 is 0 Å². The zero-order valence-electron chi connectivity index (χ0n) is 35.4. The fraction of sp³-hybridized carbons (Fsp3) is 0. The van der Waals surface area contributed by atoms with E-state index in [0.29, 0.717) is 16.6 Å². The van der Waals surface area contributed by atoms with Crippen LogP contribution in [0.5, 0.6) is 0 Å². The molecule has 9 rings (SSSR count). The molecule has 0 saturated carbocycles. The molecule has 0 spiro atoms. The molecule has 2 nitrogen and oxygen atoms in total. The lowest BCUT2D eigenvalue weighted by Crippen LogP contribution is -1.91. The Morgan fingerprint density at radius 2 is 1.05 bits per heavy atom. The van der Waals surface area contributed by atoms with Crippen molar-refractivity contribution in [3.63, 3.8) is 0 Å². The Morgan fingerprint density at radius 1 is 0.450 bits per heavy atom. The first-order chi connectivity index (χ1) is 26.1. The van der Waals surface area contributed by atoms with Gasteiger partial charge in [-0.2, -0.15) is 0 Å². The molecule has 40 heavy (non-hydrogen) atoms. The van der Waals surface area contributed by atoms with Crippen LogP contribution in [-0.2, 0) is 0 Å². The first-order valence-corrected chi connectivity index (χ1v) is 12.4. The molecule has 0 aliphatic rings. The van der Waals surface area contributed by atoms with Crippen molar-refractivity contribution in [3.05, 3.63) is 133 Å². The highest BCUT2D eigenvalue weighted by Gasteiger charge is 2.22. The standard InChI is InChI=1S/C38H22O2/c1-2-12-24-23(10-1)11-9-18-26(24)35-27-14-3-5-16-29(27)36(30-17-6-4-15-28(30)35)33-22-39-37-32(33)21-20-31-25-13-7-8-19-34(25)40-38(31)37/h1-22H/i1D,2D,3D,4D,5D,6D,9D,10D,11D,12D,14D,15D,16D,17D,18D. The van der Waals surface area contributed by atoms with Gasteiger partial charge in [0.15, 0.2) is 11.2 Å². The maximum atomic E-state index is 9.30. The van der Waals surface area contributed by atoms with E-state index in [-0.39, 0.29) is 43.8 Å². The first-order valence-electron chi connectivity index (χ1n) is 19.9. The summed E-state index contributed by atoms with van der Waals surface area (Å²) in [6.45, 7) is 0. The third-order valence-corrected chi connectivity index (χ3v) is 7.29. The van der Waals surface area contributed by atoms with Crippen LogP contribution in [0, 0.1) is 0 Å². The molecule has 2 heteroatoms. The van der Waals surface area contributed by atoms with Gasteiger partial charge in [0.1, 0.15) is 5.58 Å². The maximum absolute atomic E-state index is 9.30. The minimum absolute atomic E-state index is 0.0529. The van der Waals surface area contributed by atoms with E-state index in [9.17, 15) is 6.85 Å². The Bertz CT molecular complexity index is 3180. The zero-order valence-corrected chi connectivity index (χ0v) is 20.4. The highest BCUT2D eigenvalue weighted by atomic mass is 16.4. The molecule has 0 saturated heterocycles. The molecule has 0 aliphatic heterocycles. The van der Waals surface area contributed by atoms with Crippen LogP contribution in [0.4, 0.5) is 0 Å². The molecular formula is C38H22O2. The van der Waals surface area contributed by atoms with Gasteiger partial charge >= 0.3 is 0 Å². The van der Waals surface area contributed by atoms with Crippen LogP contribution in [0.2, 0.25) is 0 Å². The summed E-state index contributed by atoms with van der Waals surface area (Å²) in [6, 6.07) is 0.373. The SMILES string of the molecule is [2H]c1c([2H])c([2H])c2c(-c3c4c([2H])c([2H])c([2H])c([2H])c4c(-c4coc5c4ccc4c6ccccc6oc45)c4c([2H])c([2H])c([2H])c([2H])c34)c([2H])c([2H])c([2H])c2c1[2H]. The second kappa shape index (κ2) is 8.08. The van der Waals surface area contributed by atoms with Gasteiger partial charge in [-0.15, -0.1) is 0 Å². The van der Waals surface area contributed by atoms with Gasteiger partial charge in [-0.1, -0.05) is 109 Å². The second-order valence-electron chi connectivity index (χ2n) is 9.32. The molecule has 0 fully saturated rings. The van der Waals surface area contributed by atoms with Crippen molar-refractivity contribution >= 4 is 65.2 Å². The van der Waals surface area contributed by atoms with Gasteiger partial charge in [-0.3, -0.25) is 0 Å². The molecule has 0 aliphatic carbocycles. The largest absolute Gasteiger partial charge is 0.460 e. The predicted octanol–water partition coefficient (Wildman–Crippen LogP) is 11.1. The molecule has 0 atom stereocenters. The monoisotopic (exact) mass is 525 g/mol. The Labute approximate surface area is 250 Å². The van der Waals surface area contributed by atoms with Gasteiger partial charge in [0, 0.05) is 27.3 Å². The topological polar surface area (TPSA) is 26.3 Å². The lowest BCUT2D eigenvalue weighted by Gasteiger charge is -2.18. The third kappa shape index (κ3) is 2.88. The molecular weight excluding hydrogens is 488 g/mol. The van der Waals surface area contributed by atoms with Crippen LogP contribution < -0.4 is 0 Å². The molecule has 9 aromatic rings. The van der Waals surface area contributed by atoms with Crippen molar-refractivity contribution < 1.29 is 29.4 Å². The molecule has 0 N–H and O–H groups in total. The fourth-order valence-electron chi connectivity index (χ4n) is 5.61. The average Bonchev–Trinajstić information content (AvgIpc) is 3.78. The molecule has 0 bridgehead atoms. The van der Waals surface area contributed by atoms with Crippen molar-refractivity contribution in [2.45, 2.75) is 0 Å². The van der Waals surface area contributed by atoms with E-state index in [1.807, 2.05) is 18.2 Å². The average molecular weight is 526 g/mol. The predicted molar refractivity (Wildman–Crippen MR) is 167 cm³/mol. The number of hydrogen-bond acceptors (Lipinski definition) is 2. The van der Waals surface area contributed by atoms with E-state index in [1.165, 1.54) is 6.26 Å². The Morgan fingerprint density at radius 3 is 1.80 bits per heavy atom. The van der Waals surface area contributed by atoms with Crippen molar-refractivity contribution in [2.24, 2.45) is 0 Å². The zero-order chi connectivity index (χ0) is 39.3. The van der Waals surface area contributed by atoms with Crippen molar-refractivity contribution in [2.75, 3.05) is 0 Å². The summed E-state index contributed by atoms with van der Waals surface area (Å²) >= 11 is 0. The maximum Gasteiger partial charge on any atom is 0.178 e. The molecule has 2 heterocycles. The number of hydrogen-bond donors (Lipinski definition) is 0. The van der Waals surface area contributed by atoms with Crippen LogP contribution in [-0.4, -0.2) is 0 Å². The third-order valence-electron chi connectivity index (χ3n) is 7.29. The summed E-state index contributed by atoms with van der Waals surface area (Å²) in [5.41, 5.74) is 0.509. The van der Waals surface area contributed by atoms with Gasteiger partial charge in [-0.25, -0.2) is 0 Å². The van der Waals surface area contributed by atoms with Crippen molar-refractivity contribution in [1.29, 1.82) is 0 Å². The number of furan rings is 2.